The second-order valence-electron chi connectivity index (χ2n) is 3.09. The Labute approximate surface area is 62.6 Å². The van der Waals surface area contributed by atoms with Gasteiger partial charge in [-0.2, -0.15) is 0 Å². The Bertz CT molecular complexity index is 88.6. The monoisotopic (exact) mass is 145 g/mol. The first-order chi connectivity index (χ1) is 4.22. The molecule has 0 aliphatic heterocycles. The van der Waals surface area contributed by atoms with Crippen LogP contribution >= 0.6 is 11.6 Å². The highest BCUT2D eigenvalue weighted by Gasteiger charge is 2.27. The van der Waals surface area contributed by atoms with Crippen LogP contribution in [0.3, 0.4) is 0 Å². The Balaban J connectivity index is 2.40. The maximum absolute atomic E-state index is 6.04. The first kappa shape index (κ1) is 7.40. The molecule has 0 N–H and O–H groups in total. The first-order valence-electron chi connectivity index (χ1n) is 3.71. The molecule has 0 heterocycles. The predicted octanol–water partition coefficient (Wildman–Crippen LogP) is 3.01. The van der Waals surface area contributed by atoms with Crippen LogP contribution < -0.4 is 0 Å². The summed E-state index contributed by atoms with van der Waals surface area (Å²) in [6.07, 6.45) is 3.78. The molecule has 0 aromatic carbocycles. The molecule has 9 heavy (non-hydrogen) atoms. The molecule has 1 radical (unpaired) electrons. The minimum absolute atomic E-state index is 0.394. The topological polar surface area (TPSA) is 0 Å². The third-order valence-corrected chi connectivity index (χ3v) is 2.57. The Morgan fingerprint density at radius 3 is 2.44 bits per heavy atom. The fourth-order valence-electron chi connectivity index (χ4n) is 1.48. The number of rotatable bonds is 1. The largest absolute Gasteiger partial charge is 0.122 e. The van der Waals surface area contributed by atoms with Crippen molar-refractivity contribution >= 4 is 11.6 Å². The molecule has 1 rings (SSSR count). The van der Waals surface area contributed by atoms with E-state index in [1.165, 1.54) is 19.3 Å². The zero-order chi connectivity index (χ0) is 6.85. The molecule has 1 atom stereocenters. The van der Waals surface area contributed by atoms with E-state index in [2.05, 4.69) is 13.8 Å². The van der Waals surface area contributed by atoms with E-state index in [4.69, 9.17) is 11.6 Å². The Kier molecular flexibility index (Phi) is 2.40. The van der Waals surface area contributed by atoms with Crippen LogP contribution in [0.1, 0.15) is 33.1 Å². The van der Waals surface area contributed by atoms with E-state index >= 15 is 0 Å². The van der Waals surface area contributed by atoms with E-state index in [1.54, 1.807) is 5.92 Å². The van der Waals surface area contributed by atoms with Crippen molar-refractivity contribution in [3.8, 4) is 0 Å². The standard InChI is InChI=1S/C8H14Cl/c1-6(2)7-4-3-5-8(7)9/h6,8H,3-5H2,1-2H3. The highest BCUT2D eigenvalue weighted by atomic mass is 35.5. The van der Waals surface area contributed by atoms with Gasteiger partial charge in [-0.3, -0.25) is 0 Å². The molecule has 1 unspecified atom stereocenters. The van der Waals surface area contributed by atoms with Gasteiger partial charge in [0.05, 0.1) is 0 Å². The molecule has 0 amide bonds. The Hall–Kier alpha value is 0.290. The summed E-state index contributed by atoms with van der Waals surface area (Å²) in [5, 5.41) is 0.394. The van der Waals surface area contributed by atoms with E-state index in [9.17, 15) is 0 Å². The lowest BCUT2D eigenvalue weighted by molar-refractivity contribution is 0.622. The summed E-state index contributed by atoms with van der Waals surface area (Å²) in [6.45, 7) is 4.46. The Morgan fingerprint density at radius 1 is 1.56 bits per heavy atom. The van der Waals surface area contributed by atoms with Crippen molar-refractivity contribution in [3.05, 3.63) is 5.92 Å². The Morgan fingerprint density at radius 2 is 2.22 bits per heavy atom. The van der Waals surface area contributed by atoms with Crippen LogP contribution in [0.25, 0.3) is 0 Å². The summed E-state index contributed by atoms with van der Waals surface area (Å²) in [5.41, 5.74) is 0. The van der Waals surface area contributed by atoms with Crippen LogP contribution in [0.15, 0.2) is 0 Å². The fraction of sp³-hybridized carbons (Fsp3) is 0.875. The van der Waals surface area contributed by atoms with Crippen molar-refractivity contribution in [2.75, 3.05) is 0 Å². The van der Waals surface area contributed by atoms with Crippen LogP contribution in [0.2, 0.25) is 0 Å². The highest BCUT2D eigenvalue weighted by Crippen LogP contribution is 2.36. The molecule has 0 aromatic rings. The summed E-state index contributed by atoms with van der Waals surface area (Å²) in [4.78, 5) is 0. The molecular formula is C8H14Cl. The molecule has 0 saturated heterocycles. The molecule has 1 aliphatic rings. The summed E-state index contributed by atoms with van der Waals surface area (Å²) < 4.78 is 0. The molecule has 0 spiro atoms. The van der Waals surface area contributed by atoms with Crippen LogP contribution in [-0.4, -0.2) is 5.38 Å². The zero-order valence-electron chi connectivity index (χ0n) is 6.15. The van der Waals surface area contributed by atoms with Gasteiger partial charge in [0.25, 0.3) is 0 Å². The average Bonchev–Trinajstić information content (AvgIpc) is 2.13. The smallest absolute Gasteiger partial charge is 0.0400 e. The minimum Gasteiger partial charge on any atom is -0.122 e. The molecule has 0 bridgehead atoms. The van der Waals surface area contributed by atoms with Crippen molar-refractivity contribution in [1.29, 1.82) is 0 Å². The van der Waals surface area contributed by atoms with Gasteiger partial charge in [-0.1, -0.05) is 20.3 Å². The molecule has 1 aliphatic carbocycles. The fourth-order valence-corrected chi connectivity index (χ4v) is 1.99. The molecular weight excluding hydrogens is 132 g/mol. The number of hydrogen-bond acceptors (Lipinski definition) is 0. The van der Waals surface area contributed by atoms with Crippen LogP contribution in [0, 0.1) is 11.8 Å². The third kappa shape index (κ3) is 1.61. The van der Waals surface area contributed by atoms with Gasteiger partial charge in [0, 0.05) is 5.38 Å². The lowest BCUT2D eigenvalue weighted by Gasteiger charge is -2.16. The van der Waals surface area contributed by atoms with E-state index in [0.29, 0.717) is 11.3 Å². The van der Waals surface area contributed by atoms with Gasteiger partial charge in [-0.25, -0.2) is 0 Å². The zero-order valence-corrected chi connectivity index (χ0v) is 6.91. The van der Waals surface area contributed by atoms with Gasteiger partial charge >= 0.3 is 0 Å². The van der Waals surface area contributed by atoms with E-state index in [-0.39, 0.29) is 0 Å². The van der Waals surface area contributed by atoms with Gasteiger partial charge in [0.15, 0.2) is 0 Å². The highest BCUT2D eigenvalue weighted by molar-refractivity contribution is 6.22. The molecule has 0 aromatic heterocycles. The van der Waals surface area contributed by atoms with Crippen molar-refractivity contribution in [1.82, 2.24) is 0 Å². The van der Waals surface area contributed by atoms with Crippen molar-refractivity contribution < 1.29 is 0 Å². The molecule has 1 saturated carbocycles. The molecule has 0 nitrogen and oxygen atoms in total. The number of alkyl halides is 1. The van der Waals surface area contributed by atoms with Crippen molar-refractivity contribution in [3.63, 3.8) is 0 Å². The maximum atomic E-state index is 6.04. The number of halogens is 1. The van der Waals surface area contributed by atoms with Gasteiger partial charge in [-0.15, -0.1) is 11.6 Å². The minimum atomic E-state index is 0.394. The second-order valence-corrected chi connectivity index (χ2v) is 3.62. The van der Waals surface area contributed by atoms with E-state index in [0.717, 1.165) is 0 Å². The second kappa shape index (κ2) is 2.92. The van der Waals surface area contributed by atoms with Crippen molar-refractivity contribution in [2.24, 2.45) is 5.92 Å². The maximum Gasteiger partial charge on any atom is 0.0400 e. The predicted molar refractivity (Wildman–Crippen MR) is 41.6 cm³/mol. The lowest BCUT2D eigenvalue weighted by Crippen LogP contribution is -2.10. The normalized spacial score (nSPS) is 30.0. The van der Waals surface area contributed by atoms with E-state index in [1.807, 2.05) is 0 Å². The van der Waals surface area contributed by atoms with Gasteiger partial charge < -0.3 is 0 Å². The molecule has 53 valence electrons. The van der Waals surface area contributed by atoms with Crippen molar-refractivity contribution in [2.45, 2.75) is 38.5 Å². The van der Waals surface area contributed by atoms with Crippen LogP contribution in [0.4, 0.5) is 0 Å². The SMILES string of the molecule is CC(C)[C]1CCCC1Cl. The van der Waals surface area contributed by atoms with Crippen LogP contribution in [-0.2, 0) is 0 Å². The van der Waals surface area contributed by atoms with Gasteiger partial charge in [-0.05, 0) is 24.7 Å². The van der Waals surface area contributed by atoms with E-state index < -0.39 is 0 Å². The summed E-state index contributed by atoms with van der Waals surface area (Å²) in [6, 6.07) is 0. The molecule has 1 fully saturated rings. The van der Waals surface area contributed by atoms with Crippen LogP contribution in [0.5, 0.6) is 0 Å². The first-order valence-corrected chi connectivity index (χ1v) is 4.15. The lowest BCUT2D eigenvalue weighted by atomic mass is 9.94. The summed E-state index contributed by atoms with van der Waals surface area (Å²) in [7, 11) is 0. The number of hydrogen-bond donors (Lipinski definition) is 0. The quantitative estimate of drug-likeness (QED) is 0.498. The molecule has 1 heteroatoms. The third-order valence-electron chi connectivity index (χ3n) is 2.07. The van der Waals surface area contributed by atoms with Gasteiger partial charge in [0.2, 0.25) is 0 Å². The summed E-state index contributed by atoms with van der Waals surface area (Å²) in [5.74, 6) is 2.27. The summed E-state index contributed by atoms with van der Waals surface area (Å²) >= 11 is 6.04. The van der Waals surface area contributed by atoms with Gasteiger partial charge in [0.1, 0.15) is 0 Å². The average molecular weight is 146 g/mol.